The SMILES string of the molecule is O=C(NCc1cccc(-c2ccc(C3OC(CSc4ncccc4C(=O)O)CC(c4ccc(CO)cc4)O3)cc2)c1)c1ccccc1. The number of nitrogens with one attached hydrogen (secondary N) is 1. The quantitative estimate of drug-likeness (QED) is 0.129. The largest absolute Gasteiger partial charge is 0.478 e. The molecule has 0 spiro atoms. The molecule has 1 amide bonds. The van der Waals surface area contributed by atoms with Crippen molar-refractivity contribution in [2.45, 2.75) is 43.1 Å². The van der Waals surface area contributed by atoms with E-state index in [2.05, 4.69) is 16.4 Å². The highest BCUT2D eigenvalue weighted by Crippen LogP contribution is 2.40. The monoisotopic (exact) mass is 646 g/mol. The highest BCUT2D eigenvalue weighted by atomic mass is 32.2. The van der Waals surface area contributed by atoms with Crippen molar-refractivity contribution in [2.75, 3.05) is 5.75 Å². The molecule has 1 saturated heterocycles. The molecule has 8 nitrogen and oxygen atoms in total. The number of rotatable bonds is 11. The Hall–Kier alpha value is -4.80. The Balaban J connectivity index is 1.17. The first-order valence-electron chi connectivity index (χ1n) is 15.3. The average Bonchev–Trinajstić information content (AvgIpc) is 3.13. The topological polar surface area (TPSA) is 118 Å². The molecule has 3 atom stereocenters. The number of ether oxygens (including phenoxy) is 2. The minimum Gasteiger partial charge on any atom is -0.478 e. The third-order valence-electron chi connectivity index (χ3n) is 7.95. The number of aromatic carboxylic acids is 1. The van der Waals surface area contributed by atoms with Gasteiger partial charge in [0.05, 0.1) is 24.4 Å². The van der Waals surface area contributed by atoms with Crippen LogP contribution in [0.5, 0.6) is 0 Å². The van der Waals surface area contributed by atoms with Gasteiger partial charge in [-0.1, -0.05) is 84.9 Å². The second-order valence-corrected chi connectivity index (χ2v) is 12.2. The molecule has 4 aromatic carbocycles. The number of aliphatic hydroxyl groups is 1. The minimum atomic E-state index is -1.02. The number of carboxylic acid groups (broad SMARTS) is 1. The molecule has 9 heteroatoms. The van der Waals surface area contributed by atoms with E-state index >= 15 is 0 Å². The number of nitrogens with zero attached hydrogens (tertiary/aromatic N) is 1. The molecular weight excluding hydrogens is 612 g/mol. The number of hydrogen-bond acceptors (Lipinski definition) is 7. The maximum absolute atomic E-state index is 12.5. The van der Waals surface area contributed by atoms with Crippen LogP contribution in [-0.4, -0.2) is 38.9 Å². The van der Waals surface area contributed by atoms with E-state index in [1.807, 2.05) is 84.9 Å². The predicted octanol–water partition coefficient (Wildman–Crippen LogP) is 7.21. The molecule has 47 heavy (non-hydrogen) atoms. The Bertz CT molecular complexity index is 1820. The summed E-state index contributed by atoms with van der Waals surface area (Å²) in [7, 11) is 0. The first-order chi connectivity index (χ1) is 23.0. The van der Waals surface area contributed by atoms with E-state index in [0.717, 1.165) is 33.4 Å². The number of benzene rings is 4. The number of aliphatic hydroxyl groups excluding tert-OH is 1. The van der Waals surface area contributed by atoms with Gasteiger partial charge in [-0.25, -0.2) is 9.78 Å². The van der Waals surface area contributed by atoms with E-state index < -0.39 is 12.3 Å². The van der Waals surface area contributed by atoms with E-state index in [-0.39, 0.29) is 30.3 Å². The Morgan fingerprint density at radius 3 is 2.32 bits per heavy atom. The van der Waals surface area contributed by atoms with Crippen LogP contribution in [0, 0.1) is 0 Å². The van der Waals surface area contributed by atoms with Gasteiger partial charge in [0.2, 0.25) is 0 Å². The minimum absolute atomic E-state index is 0.0373. The van der Waals surface area contributed by atoms with Crippen LogP contribution in [0.1, 0.15) is 61.8 Å². The maximum Gasteiger partial charge on any atom is 0.338 e. The number of thioether (sulfide) groups is 1. The standard InChI is InChI=1S/C38H34N2O6S/c41-23-25-11-13-28(14-12-25)34-21-32(24-47-36-33(37(43)44)10-5-19-39-36)45-38(46-34)30-17-15-27(16-18-30)31-9-4-6-26(20-31)22-40-35(42)29-7-2-1-3-8-29/h1-20,32,34,38,41H,21-24H2,(H,40,42)(H,43,44). The van der Waals surface area contributed by atoms with Crippen molar-refractivity contribution in [3.63, 3.8) is 0 Å². The van der Waals surface area contributed by atoms with Gasteiger partial charge >= 0.3 is 5.97 Å². The van der Waals surface area contributed by atoms with E-state index in [0.29, 0.717) is 29.3 Å². The fourth-order valence-corrected chi connectivity index (χ4v) is 6.44. The smallest absolute Gasteiger partial charge is 0.338 e. The summed E-state index contributed by atoms with van der Waals surface area (Å²) in [5.41, 5.74) is 6.46. The lowest BCUT2D eigenvalue weighted by Gasteiger charge is -2.36. The second kappa shape index (κ2) is 15.2. The number of carbonyl (C=O) groups excluding carboxylic acids is 1. The lowest BCUT2D eigenvalue weighted by atomic mass is 9.99. The highest BCUT2D eigenvalue weighted by molar-refractivity contribution is 7.99. The molecular formula is C38H34N2O6S. The number of hydrogen-bond donors (Lipinski definition) is 3. The fourth-order valence-electron chi connectivity index (χ4n) is 5.43. The molecule has 6 rings (SSSR count). The van der Waals surface area contributed by atoms with Gasteiger partial charge in [0.15, 0.2) is 6.29 Å². The van der Waals surface area contributed by atoms with E-state index in [1.54, 1.807) is 30.5 Å². The van der Waals surface area contributed by atoms with Gasteiger partial charge in [-0.2, -0.15) is 0 Å². The van der Waals surface area contributed by atoms with Crippen LogP contribution in [0.15, 0.2) is 126 Å². The normalized spacial score (nSPS) is 17.6. The molecule has 0 bridgehead atoms. The van der Waals surface area contributed by atoms with Crippen molar-refractivity contribution >= 4 is 23.6 Å². The molecule has 0 radical (unpaired) electrons. The van der Waals surface area contributed by atoms with Gasteiger partial charge in [0.25, 0.3) is 5.91 Å². The van der Waals surface area contributed by atoms with Gasteiger partial charge in [-0.15, -0.1) is 11.8 Å². The summed E-state index contributed by atoms with van der Waals surface area (Å²) in [5.74, 6) is -0.640. The van der Waals surface area contributed by atoms with E-state index in [1.165, 1.54) is 11.8 Å². The summed E-state index contributed by atoms with van der Waals surface area (Å²) in [5, 5.41) is 22.5. The third-order valence-corrected chi connectivity index (χ3v) is 9.09. The molecule has 0 aliphatic carbocycles. The number of carbonyl (C=O) groups is 2. The third kappa shape index (κ3) is 8.14. The van der Waals surface area contributed by atoms with Crippen LogP contribution in [0.2, 0.25) is 0 Å². The van der Waals surface area contributed by atoms with Crippen LogP contribution < -0.4 is 5.32 Å². The average molecular weight is 647 g/mol. The Labute approximate surface area is 277 Å². The summed E-state index contributed by atoms with van der Waals surface area (Å²) >= 11 is 1.36. The summed E-state index contributed by atoms with van der Waals surface area (Å²) in [6.45, 7) is 0.375. The van der Waals surface area contributed by atoms with E-state index in [4.69, 9.17) is 9.47 Å². The van der Waals surface area contributed by atoms with Gasteiger partial charge in [0.1, 0.15) is 5.03 Å². The molecule has 1 aromatic heterocycles. The zero-order valence-electron chi connectivity index (χ0n) is 25.5. The van der Waals surface area contributed by atoms with E-state index in [9.17, 15) is 19.8 Å². The zero-order chi connectivity index (χ0) is 32.6. The van der Waals surface area contributed by atoms with Gasteiger partial charge in [0, 0.05) is 36.0 Å². The van der Waals surface area contributed by atoms with Crippen LogP contribution in [0.4, 0.5) is 0 Å². The number of carboxylic acids is 1. The number of aromatic nitrogens is 1. The molecule has 1 aliphatic heterocycles. The molecule has 238 valence electrons. The van der Waals surface area contributed by atoms with Crippen molar-refractivity contribution in [3.8, 4) is 11.1 Å². The fraction of sp³-hybridized carbons (Fsp3) is 0.184. The lowest BCUT2D eigenvalue weighted by molar-refractivity contribution is -0.245. The van der Waals surface area contributed by atoms with Crippen molar-refractivity contribution in [2.24, 2.45) is 0 Å². The van der Waals surface area contributed by atoms with Crippen molar-refractivity contribution in [3.05, 3.63) is 155 Å². The molecule has 2 heterocycles. The molecule has 3 unspecified atom stereocenters. The van der Waals surface area contributed by atoms with Gasteiger partial charge < -0.3 is 25.0 Å². The summed E-state index contributed by atoms with van der Waals surface area (Å²) in [4.78, 5) is 28.5. The van der Waals surface area contributed by atoms with Crippen LogP contribution >= 0.6 is 11.8 Å². The first kappa shape index (κ1) is 32.2. The molecule has 5 aromatic rings. The number of pyridine rings is 1. The van der Waals surface area contributed by atoms with Crippen molar-refractivity contribution in [1.29, 1.82) is 0 Å². The Kier molecular flexibility index (Phi) is 10.4. The Morgan fingerprint density at radius 2 is 1.57 bits per heavy atom. The van der Waals surface area contributed by atoms with Crippen molar-refractivity contribution in [1.82, 2.24) is 10.3 Å². The predicted molar refractivity (Wildman–Crippen MR) is 180 cm³/mol. The number of amides is 1. The zero-order valence-corrected chi connectivity index (χ0v) is 26.3. The summed E-state index contributed by atoms with van der Waals surface area (Å²) in [6.07, 6.45) is 1.01. The van der Waals surface area contributed by atoms with Crippen LogP contribution in [-0.2, 0) is 22.6 Å². The molecule has 0 saturated carbocycles. The second-order valence-electron chi connectivity index (χ2n) is 11.2. The van der Waals surface area contributed by atoms with Gasteiger partial charge in [-0.05, 0) is 58.1 Å². The molecule has 3 N–H and O–H groups in total. The first-order valence-corrected chi connectivity index (χ1v) is 16.3. The summed E-state index contributed by atoms with van der Waals surface area (Å²) < 4.78 is 12.9. The molecule has 1 aliphatic rings. The molecule has 1 fully saturated rings. The Morgan fingerprint density at radius 1 is 0.809 bits per heavy atom. The van der Waals surface area contributed by atoms with Crippen molar-refractivity contribution < 1.29 is 29.3 Å². The van der Waals surface area contributed by atoms with Crippen LogP contribution in [0.3, 0.4) is 0 Å². The van der Waals surface area contributed by atoms with Crippen LogP contribution in [0.25, 0.3) is 11.1 Å². The maximum atomic E-state index is 12.5. The van der Waals surface area contributed by atoms with Gasteiger partial charge in [-0.3, -0.25) is 4.79 Å². The lowest BCUT2D eigenvalue weighted by Crippen LogP contribution is -2.31. The highest BCUT2D eigenvalue weighted by Gasteiger charge is 2.32. The summed E-state index contributed by atoms with van der Waals surface area (Å²) in [6, 6.07) is 36.1.